The summed E-state index contributed by atoms with van der Waals surface area (Å²) in [6, 6.07) is 2.10. The summed E-state index contributed by atoms with van der Waals surface area (Å²) >= 11 is 0. The normalized spacial score (nSPS) is 11.9. The van der Waals surface area contributed by atoms with Crippen molar-refractivity contribution in [1.29, 1.82) is 0 Å². The van der Waals surface area contributed by atoms with Crippen LogP contribution < -0.4 is 5.32 Å². The van der Waals surface area contributed by atoms with Gasteiger partial charge in [0.05, 0.1) is 5.75 Å². The highest BCUT2D eigenvalue weighted by atomic mass is 32.2. The van der Waals surface area contributed by atoms with E-state index in [2.05, 4.69) is 29.8 Å². The summed E-state index contributed by atoms with van der Waals surface area (Å²) in [4.78, 5) is 0. The van der Waals surface area contributed by atoms with Crippen LogP contribution in [0.4, 0.5) is 0 Å². The molecule has 0 aliphatic carbocycles. The Morgan fingerprint density at radius 3 is 2.67 bits per heavy atom. The van der Waals surface area contributed by atoms with E-state index in [1.54, 1.807) is 6.92 Å². The van der Waals surface area contributed by atoms with E-state index in [0.717, 1.165) is 19.6 Å². The molecule has 1 N–H and O–H groups in total. The predicted molar refractivity (Wildman–Crippen MR) is 75.5 cm³/mol. The standard InChI is InChI=1S/C13H24N2O2S/c1-4-14-11-13-7-9-15(12(13)3)8-6-10-18(16,17)5-2/h7,9,14H,4-6,8,10-11H2,1-3H3. The van der Waals surface area contributed by atoms with Gasteiger partial charge in [-0.25, -0.2) is 8.42 Å². The van der Waals surface area contributed by atoms with Crippen molar-refractivity contribution in [2.24, 2.45) is 0 Å². The van der Waals surface area contributed by atoms with Gasteiger partial charge in [-0.15, -0.1) is 0 Å². The fraction of sp³-hybridized carbons (Fsp3) is 0.692. The first kappa shape index (κ1) is 15.2. The van der Waals surface area contributed by atoms with Crippen LogP contribution in [-0.2, 0) is 22.9 Å². The zero-order chi connectivity index (χ0) is 13.6. The van der Waals surface area contributed by atoms with Gasteiger partial charge in [-0.2, -0.15) is 0 Å². The maximum atomic E-state index is 11.4. The van der Waals surface area contributed by atoms with Gasteiger partial charge in [0, 0.05) is 30.7 Å². The highest BCUT2D eigenvalue weighted by Gasteiger charge is 2.08. The van der Waals surface area contributed by atoms with Crippen molar-refractivity contribution in [3.63, 3.8) is 0 Å². The lowest BCUT2D eigenvalue weighted by molar-refractivity contribution is 0.586. The molecule has 0 atom stereocenters. The van der Waals surface area contributed by atoms with Crippen LogP contribution in [0.1, 0.15) is 31.5 Å². The van der Waals surface area contributed by atoms with Crippen molar-refractivity contribution in [2.45, 2.75) is 40.3 Å². The van der Waals surface area contributed by atoms with Crippen LogP contribution in [0.25, 0.3) is 0 Å². The SMILES string of the molecule is CCNCc1ccn(CCCS(=O)(=O)CC)c1C. The molecule has 1 rings (SSSR count). The van der Waals surface area contributed by atoms with E-state index in [-0.39, 0.29) is 11.5 Å². The highest BCUT2D eigenvalue weighted by molar-refractivity contribution is 7.91. The van der Waals surface area contributed by atoms with Gasteiger partial charge >= 0.3 is 0 Å². The monoisotopic (exact) mass is 272 g/mol. The van der Waals surface area contributed by atoms with Crippen LogP contribution in [0.3, 0.4) is 0 Å². The van der Waals surface area contributed by atoms with Gasteiger partial charge < -0.3 is 9.88 Å². The molecular weight excluding hydrogens is 248 g/mol. The van der Waals surface area contributed by atoms with Gasteiger partial charge in [-0.3, -0.25) is 0 Å². The molecule has 1 aromatic heterocycles. The summed E-state index contributed by atoms with van der Waals surface area (Å²) in [5, 5.41) is 3.30. The third-order valence-corrected chi connectivity index (χ3v) is 5.00. The van der Waals surface area contributed by atoms with Gasteiger partial charge in [0.15, 0.2) is 0 Å². The Balaban J connectivity index is 2.51. The average Bonchev–Trinajstić information content (AvgIpc) is 2.68. The fourth-order valence-electron chi connectivity index (χ4n) is 1.88. The summed E-state index contributed by atoms with van der Waals surface area (Å²) in [7, 11) is -2.84. The second-order valence-electron chi connectivity index (χ2n) is 4.49. The quantitative estimate of drug-likeness (QED) is 0.784. The number of hydrogen-bond acceptors (Lipinski definition) is 3. The minimum atomic E-state index is -2.84. The van der Waals surface area contributed by atoms with Crippen LogP contribution in [0.5, 0.6) is 0 Å². The summed E-state index contributed by atoms with van der Waals surface area (Å²) < 4.78 is 24.9. The molecule has 4 nitrogen and oxygen atoms in total. The molecule has 1 heterocycles. The van der Waals surface area contributed by atoms with Gasteiger partial charge in [0.1, 0.15) is 9.84 Å². The Bertz CT molecular complexity index is 463. The van der Waals surface area contributed by atoms with Crippen LogP contribution in [0, 0.1) is 6.92 Å². The topological polar surface area (TPSA) is 51.1 Å². The lowest BCUT2D eigenvalue weighted by Gasteiger charge is -2.08. The Hall–Kier alpha value is -0.810. The number of aromatic nitrogens is 1. The van der Waals surface area contributed by atoms with Crippen LogP contribution in [-0.4, -0.2) is 31.0 Å². The van der Waals surface area contributed by atoms with Crippen molar-refractivity contribution >= 4 is 9.84 Å². The smallest absolute Gasteiger partial charge is 0.150 e. The minimum absolute atomic E-state index is 0.239. The molecule has 1 aromatic rings. The molecular formula is C13H24N2O2S. The highest BCUT2D eigenvalue weighted by Crippen LogP contribution is 2.10. The van der Waals surface area contributed by atoms with E-state index in [1.807, 2.05) is 6.20 Å². The van der Waals surface area contributed by atoms with E-state index in [9.17, 15) is 8.42 Å². The number of hydrogen-bond donors (Lipinski definition) is 1. The van der Waals surface area contributed by atoms with E-state index in [1.165, 1.54) is 11.3 Å². The van der Waals surface area contributed by atoms with Crippen LogP contribution in [0.15, 0.2) is 12.3 Å². The Morgan fingerprint density at radius 1 is 1.33 bits per heavy atom. The average molecular weight is 272 g/mol. The van der Waals surface area contributed by atoms with Crippen molar-refractivity contribution in [1.82, 2.24) is 9.88 Å². The Labute approximate surface area is 110 Å². The van der Waals surface area contributed by atoms with Crippen molar-refractivity contribution in [2.75, 3.05) is 18.1 Å². The number of nitrogens with one attached hydrogen (secondary N) is 1. The van der Waals surface area contributed by atoms with E-state index >= 15 is 0 Å². The first-order valence-electron chi connectivity index (χ1n) is 6.56. The molecule has 0 unspecified atom stereocenters. The largest absolute Gasteiger partial charge is 0.351 e. The molecule has 0 aliphatic rings. The number of aryl methyl sites for hydroxylation is 1. The van der Waals surface area contributed by atoms with E-state index in [0.29, 0.717) is 6.42 Å². The molecule has 0 bridgehead atoms. The van der Waals surface area contributed by atoms with Gasteiger partial charge in [0.25, 0.3) is 0 Å². The summed E-state index contributed by atoms with van der Waals surface area (Å²) in [5.41, 5.74) is 2.51. The van der Waals surface area contributed by atoms with Crippen molar-refractivity contribution in [3.8, 4) is 0 Å². The van der Waals surface area contributed by atoms with E-state index in [4.69, 9.17) is 0 Å². The summed E-state index contributed by atoms with van der Waals surface area (Å²) in [6.07, 6.45) is 2.73. The lowest BCUT2D eigenvalue weighted by atomic mass is 10.2. The van der Waals surface area contributed by atoms with Crippen molar-refractivity contribution < 1.29 is 8.42 Å². The first-order chi connectivity index (χ1) is 8.50. The second kappa shape index (κ2) is 6.95. The predicted octanol–water partition coefficient (Wildman–Crippen LogP) is 1.73. The molecule has 18 heavy (non-hydrogen) atoms. The number of sulfone groups is 1. The molecule has 0 radical (unpaired) electrons. The van der Waals surface area contributed by atoms with E-state index < -0.39 is 9.84 Å². The molecule has 0 fully saturated rings. The summed E-state index contributed by atoms with van der Waals surface area (Å²) in [5.74, 6) is 0.521. The maximum absolute atomic E-state index is 11.4. The maximum Gasteiger partial charge on any atom is 0.150 e. The second-order valence-corrected chi connectivity index (χ2v) is 6.96. The van der Waals surface area contributed by atoms with Gasteiger partial charge in [-0.05, 0) is 31.5 Å². The molecule has 0 amide bonds. The molecule has 104 valence electrons. The molecule has 5 heteroatoms. The molecule has 0 spiro atoms. The lowest BCUT2D eigenvalue weighted by Crippen LogP contribution is -2.13. The molecule has 0 saturated carbocycles. The third-order valence-electron chi connectivity index (χ3n) is 3.21. The zero-order valence-electron chi connectivity index (χ0n) is 11.6. The van der Waals surface area contributed by atoms with Crippen LogP contribution in [0.2, 0.25) is 0 Å². The van der Waals surface area contributed by atoms with Crippen molar-refractivity contribution in [3.05, 3.63) is 23.5 Å². The Morgan fingerprint density at radius 2 is 2.06 bits per heavy atom. The van der Waals surface area contributed by atoms with Gasteiger partial charge in [-0.1, -0.05) is 13.8 Å². The fourth-order valence-corrected chi connectivity index (χ4v) is 2.74. The van der Waals surface area contributed by atoms with Gasteiger partial charge in [0.2, 0.25) is 0 Å². The molecule has 0 aromatic carbocycles. The number of nitrogens with zero attached hydrogens (tertiary/aromatic N) is 1. The number of rotatable bonds is 8. The van der Waals surface area contributed by atoms with Crippen LogP contribution >= 0.6 is 0 Å². The summed E-state index contributed by atoms with van der Waals surface area (Å²) in [6.45, 7) is 8.48. The zero-order valence-corrected chi connectivity index (χ0v) is 12.4. The Kier molecular flexibility index (Phi) is 5.88. The first-order valence-corrected chi connectivity index (χ1v) is 8.38. The third kappa shape index (κ3) is 4.46. The molecule has 0 saturated heterocycles. The molecule has 0 aliphatic heterocycles. The minimum Gasteiger partial charge on any atom is -0.351 e.